The first-order valence-electron chi connectivity index (χ1n) is 12.0. The van der Waals surface area contributed by atoms with Crippen LogP contribution in [0.1, 0.15) is 37.7 Å². The van der Waals surface area contributed by atoms with Crippen molar-refractivity contribution < 1.29 is 35.9 Å². The van der Waals surface area contributed by atoms with Gasteiger partial charge < -0.3 is 20.3 Å². The molecule has 0 unspecified atom stereocenters. The number of ether oxygens (including phenoxy) is 1. The van der Waals surface area contributed by atoms with Crippen molar-refractivity contribution >= 4 is 40.2 Å². The highest BCUT2D eigenvalue weighted by molar-refractivity contribution is 6.34. The average Bonchev–Trinajstić information content (AvgIpc) is 2.80. The third-order valence-corrected chi connectivity index (χ3v) is 6.34. The summed E-state index contributed by atoms with van der Waals surface area (Å²) >= 11 is 6.42. The molecule has 15 heteroatoms. The SMILES string of the molecule is Cc1cc(N)nc(-c2cc3nc(C(F)(F)F)nc(N4CCN(C(=O)OC(C)(C)C)CC4)c3cc2Cl)c1C(F)(F)F. The Morgan fingerprint density at radius 3 is 2.12 bits per heavy atom. The lowest BCUT2D eigenvalue weighted by Gasteiger charge is -2.36. The highest BCUT2D eigenvalue weighted by Crippen LogP contribution is 2.43. The van der Waals surface area contributed by atoms with Gasteiger partial charge >= 0.3 is 18.4 Å². The Labute approximate surface area is 230 Å². The van der Waals surface area contributed by atoms with Crippen molar-refractivity contribution in [3.05, 3.63) is 40.2 Å². The third kappa shape index (κ3) is 6.11. The summed E-state index contributed by atoms with van der Waals surface area (Å²) in [6.07, 6.45) is -10.4. The molecule has 0 radical (unpaired) electrons. The summed E-state index contributed by atoms with van der Waals surface area (Å²) in [6, 6.07) is 3.27. The number of piperazine rings is 1. The van der Waals surface area contributed by atoms with E-state index >= 15 is 0 Å². The molecule has 40 heavy (non-hydrogen) atoms. The number of carbonyl (C=O) groups excluding carboxylic acids is 1. The first kappa shape index (κ1) is 29.4. The van der Waals surface area contributed by atoms with Crippen LogP contribution in [0.4, 0.5) is 42.8 Å². The highest BCUT2D eigenvalue weighted by atomic mass is 35.5. The van der Waals surface area contributed by atoms with Gasteiger partial charge in [-0.05, 0) is 51.5 Å². The van der Waals surface area contributed by atoms with E-state index in [-0.39, 0.29) is 64.9 Å². The number of fused-ring (bicyclic) bond motifs is 1. The van der Waals surface area contributed by atoms with Crippen molar-refractivity contribution in [1.29, 1.82) is 0 Å². The van der Waals surface area contributed by atoms with E-state index in [9.17, 15) is 31.1 Å². The quantitative estimate of drug-likeness (QED) is 0.348. The molecule has 1 saturated heterocycles. The predicted octanol–water partition coefficient (Wildman–Crippen LogP) is 6.33. The first-order valence-corrected chi connectivity index (χ1v) is 12.4. The average molecular weight is 591 g/mol. The second-order valence-electron chi connectivity index (χ2n) is 10.3. The van der Waals surface area contributed by atoms with Crippen LogP contribution in [0.2, 0.25) is 5.02 Å². The molecule has 0 saturated carbocycles. The minimum absolute atomic E-state index is 0.0849. The molecule has 0 spiro atoms. The number of amides is 1. The van der Waals surface area contributed by atoms with Gasteiger partial charge in [-0.3, -0.25) is 0 Å². The monoisotopic (exact) mass is 590 g/mol. The van der Waals surface area contributed by atoms with E-state index in [0.29, 0.717) is 0 Å². The molecule has 0 aliphatic carbocycles. The van der Waals surface area contributed by atoms with Gasteiger partial charge in [-0.15, -0.1) is 0 Å². The Bertz CT molecular complexity index is 1460. The second kappa shape index (κ2) is 10.1. The number of aromatic nitrogens is 3. The molecule has 4 rings (SSSR count). The van der Waals surface area contributed by atoms with Crippen LogP contribution in [-0.4, -0.2) is 57.7 Å². The van der Waals surface area contributed by atoms with Crippen molar-refractivity contribution in [3.63, 3.8) is 0 Å². The zero-order valence-electron chi connectivity index (χ0n) is 21.8. The molecule has 0 atom stereocenters. The van der Waals surface area contributed by atoms with E-state index < -0.39 is 41.1 Å². The summed E-state index contributed by atoms with van der Waals surface area (Å²) in [5, 5.41) is -0.130. The van der Waals surface area contributed by atoms with Gasteiger partial charge in [-0.2, -0.15) is 26.3 Å². The molecule has 8 nitrogen and oxygen atoms in total. The minimum Gasteiger partial charge on any atom is -0.444 e. The van der Waals surface area contributed by atoms with E-state index in [1.165, 1.54) is 22.8 Å². The van der Waals surface area contributed by atoms with Crippen molar-refractivity contribution in [2.45, 2.75) is 45.6 Å². The molecule has 1 aliphatic heterocycles. The Balaban J connectivity index is 1.82. The van der Waals surface area contributed by atoms with Crippen LogP contribution in [0.5, 0.6) is 0 Å². The number of alkyl halides is 6. The Morgan fingerprint density at radius 1 is 0.950 bits per heavy atom. The third-order valence-electron chi connectivity index (χ3n) is 6.02. The zero-order valence-corrected chi connectivity index (χ0v) is 22.6. The summed E-state index contributed by atoms with van der Waals surface area (Å²) in [6.45, 7) is 6.81. The molecule has 216 valence electrons. The van der Waals surface area contributed by atoms with Crippen LogP contribution in [0, 0.1) is 6.92 Å². The lowest BCUT2D eigenvalue weighted by Crippen LogP contribution is -2.50. The summed E-state index contributed by atoms with van der Waals surface area (Å²) in [5.74, 6) is -1.83. The minimum atomic E-state index is -4.95. The van der Waals surface area contributed by atoms with E-state index in [1.54, 1.807) is 20.8 Å². The Hall–Kier alpha value is -3.55. The second-order valence-corrected chi connectivity index (χ2v) is 10.7. The number of nitrogens with zero attached hydrogens (tertiary/aromatic N) is 5. The lowest BCUT2D eigenvalue weighted by molar-refractivity contribution is -0.144. The number of carbonyl (C=O) groups is 1. The van der Waals surface area contributed by atoms with Crippen molar-refractivity contribution in [1.82, 2.24) is 19.9 Å². The van der Waals surface area contributed by atoms with E-state index in [2.05, 4.69) is 15.0 Å². The molecule has 2 aromatic heterocycles. The number of anilines is 2. The van der Waals surface area contributed by atoms with Crippen molar-refractivity contribution in [3.8, 4) is 11.3 Å². The standard InChI is InChI=1S/C25H25ClF6N6O2/c1-12-9-17(33)35-19(18(12)24(27,28)29)13-11-16-14(10-15(13)26)20(36-21(34-16)25(30,31)32)37-5-7-38(8-6-37)22(39)40-23(2,3)4/h9-11H,5-8H2,1-4H3,(H2,33,35). The van der Waals surface area contributed by atoms with Crippen LogP contribution in [0.15, 0.2) is 18.2 Å². The number of hydrogen-bond acceptors (Lipinski definition) is 7. The number of nitrogens with two attached hydrogens (primary N) is 1. The Morgan fingerprint density at radius 2 is 1.57 bits per heavy atom. The number of nitrogen functional groups attached to an aromatic ring is 1. The fourth-order valence-electron chi connectivity index (χ4n) is 4.36. The predicted molar refractivity (Wildman–Crippen MR) is 137 cm³/mol. The van der Waals surface area contributed by atoms with E-state index in [1.807, 2.05) is 0 Å². The van der Waals surface area contributed by atoms with Gasteiger partial charge in [-0.25, -0.2) is 19.7 Å². The van der Waals surface area contributed by atoms with Gasteiger partial charge in [-0.1, -0.05) is 11.6 Å². The molecule has 1 aliphatic rings. The molecule has 3 aromatic rings. The van der Waals surface area contributed by atoms with Gasteiger partial charge in [0.25, 0.3) is 0 Å². The van der Waals surface area contributed by atoms with E-state index in [4.69, 9.17) is 22.1 Å². The van der Waals surface area contributed by atoms with Gasteiger partial charge in [0.15, 0.2) is 0 Å². The van der Waals surface area contributed by atoms with Crippen LogP contribution >= 0.6 is 11.6 Å². The van der Waals surface area contributed by atoms with Gasteiger partial charge in [0.2, 0.25) is 5.82 Å². The normalized spacial score (nSPS) is 15.1. The fourth-order valence-corrected chi connectivity index (χ4v) is 4.61. The molecule has 2 N–H and O–H groups in total. The number of hydrogen-bond donors (Lipinski definition) is 1. The van der Waals surface area contributed by atoms with Crippen LogP contribution in [0.25, 0.3) is 22.2 Å². The van der Waals surface area contributed by atoms with Crippen LogP contribution < -0.4 is 10.6 Å². The summed E-state index contributed by atoms with van der Waals surface area (Å²) in [4.78, 5) is 26.5. The number of benzene rings is 1. The molecule has 1 amide bonds. The zero-order chi connectivity index (χ0) is 29.8. The number of rotatable bonds is 2. The molecule has 1 fully saturated rings. The molecule has 1 aromatic carbocycles. The molecular formula is C25H25ClF6N6O2. The van der Waals surface area contributed by atoms with Crippen LogP contribution in [0.3, 0.4) is 0 Å². The molecule has 0 bridgehead atoms. The first-order chi connectivity index (χ1) is 18.3. The maximum Gasteiger partial charge on any atom is 0.451 e. The van der Waals surface area contributed by atoms with E-state index in [0.717, 1.165) is 12.1 Å². The largest absolute Gasteiger partial charge is 0.451 e. The number of halogens is 7. The molecule has 3 heterocycles. The maximum atomic E-state index is 13.9. The summed E-state index contributed by atoms with van der Waals surface area (Å²) < 4.78 is 88.6. The lowest BCUT2D eigenvalue weighted by atomic mass is 9.99. The summed E-state index contributed by atoms with van der Waals surface area (Å²) in [5.41, 5.74) is 2.42. The van der Waals surface area contributed by atoms with Crippen molar-refractivity contribution in [2.75, 3.05) is 36.8 Å². The molecular weight excluding hydrogens is 566 g/mol. The van der Waals surface area contributed by atoms with Crippen molar-refractivity contribution in [2.24, 2.45) is 0 Å². The summed E-state index contributed by atoms with van der Waals surface area (Å²) in [7, 11) is 0. The van der Waals surface area contributed by atoms with Gasteiger partial charge in [0.1, 0.15) is 17.2 Å². The topological polar surface area (TPSA) is 97.5 Å². The van der Waals surface area contributed by atoms with Gasteiger partial charge in [0, 0.05) is 37.1 Å². The smallest absolute Gasteiger partial charge is 0.444 e. The maximum absolute atomic E-state index is 13.9. The fraction of sp³-hybridized carbons (Fsp3) is 0.440. The Kier molecular flexibility index (Phi) is 7.45. The number of aryl methyl sites for hydroxylation is 1. The van der Waals surface area contributed by atoms with Gasteiger partial charge in [0.05, 0.1) is 21.8 Å². The highest BCUT2D eigenvalue weighted by Gasteiger charge is 2.39. The van der Waals surface area contributed by atoms with Crippen LogP contribution in [-0.2, 0) is 17.1 Å². The number of pyridine rings is 1.